The lowest BCUT2D eigenvalue weighted by Crippen LogP contribution is -2.21. The molecule has 0 saturated heterocycles. The molecule has 0 radical (unpaired) electrons. The van der Waals surface area contributed by atoms with Crippen molar-refractivity contribution in [1.29, 1.82) is 0 Å². The van der Waals surface area contributed by atoms with E-state index in [0.29, 0.717) is 12.6 Å². The first-order valence-electron chi connectivity index (χ1n) is 7.23. The van der Waals surface area contributed by atoms with E-state index in [1.54, 1.807) is 0 Å². The van der Waals surface area contributed by atoms with Crippen LogP contribution in [0.1, 0.15) is 31.9 Å². The number of aryl methyl sites for hydroxylation is 1. The first-order chi connectivity index (χ1) is 9.79. The van der Waals surface area contributed by atoms with Gasteiger partial charge in [-0.3, -0.25) is 4.68 Å². The normalized spacial score (nSPS) is 12.3. The van der Waals surface area contributed by atoms with Gasteiger partial charge in [0.2, 0.25) is 0 Å². The summed E-state index contributed by atoms with van der Waals surface area (Å²) in [5.41, 5.74) is 1.28. The van der Waals surface area contributed by atoms with Gasteiger partial charge in [-0.05, 0) is 50.6 Å². The molecule has 1 N–H and O–H groups in total. The van der Waals surface area contributed by atoms with Gasteiger partial charge in [0.05, 0.1) is 6.61 Å². The number of hydrogen-bond donors (Lipinski definition) is 1. The maximum Gasteiger partial charge on any atom is 0.119 e. The Hall–Kier alpha value is -1.81. The van der Waals surface area contributed by atoms with Gasteiger partial charge in [-0.2, -0.15) is 5.10 Å². The van der Waals surface area contributed by atoms with Crippen molar-refractivity contribution in [3.8, 4) is 5.75 Å². The van der Waals surface area contributed by atoms with Gasteiger partial charge in [-0.25, -0.2) is 0 Å². The van der Waals surface area contributed by atoms with Crippen LogP contribution in [0.2, 0.25) is 0 Å². The van der Waals surface area contributed by atoms with Gasteiger partial charge in [-0.1, -0.05) is 12.1 Å². The lowest BCUT2D eigenvalue weighted by molar-refractivity contribution is 0.340. The molecule has 2 rings (SSSR count). The van der Waals surface area contributed by atoms with Crippen molar-refractivity contribution < 1.29 is 4.74 Å². The van der Waals surface area contributed by atoms with Crippen LogP contribution >= 0.6 is 0 Å². The number of nitrogens with one attached hydrogen (secondary N) is 1. The molecule has 0 saturated carbocycles. The Labute approximate surface area is 120 Å². The van der Waals surface area contributed by atoms with E-state index in [1.165, 1.54) is 5.56 Å². The van der Waals surface area contributed by atoms with Crippen LogP contribution in [0.3, 0.4) is 0 Å². The van der Waals surface area contributed by atoms with Gasteiger partial charge in [0.25, 0.3) is 0 Å². The van der Waals surface area contributed by atoms with Gasteiger partial charge in [0.15, 0.2) is 0 Å². The van der Waals surface area contributed by atoms with Crippen LogP contribution in [0.25, 0.3) is 0 Å². The molecule has 0 spiro atoms. The van der Waals surface area contributed by atoms with Crippen LogP contribution in [-0.4, -0.2) is 22.9 Å². The third-order valence-electron chi connectivity index (χ3n) is 3.26. The maximum atomic E-state index is 5.45. The molecule has 1 atom stereocenters. The SMILES string of the molecule is CCOc1ccc(C(C)NCCCn2cccn2)cc1. The summed E-state index contributed by atoms with van der Waals surface area (Å²) in [4.78, 5) is 0. The third-order valence-corrected chi connectivity index (χ3v) is 3.26. The summed E-state index contributed by atoms with van der Waals surface area (Å²) in [6, 6.07) is 10.6. The van der Waals surface area contributed by atoms with Crippen molar-refractivity contribution >= 4 is 0 Å². The van der Waals surface area contributed by atoms with E-state index < -0.39 is 0 Å². The van der Waals surface area contributed by atoms with Crippen LogP contribution in [0, 0.1) is 0 Å². The summed E-state index contributed by atoms with van der Waals surface area (Å²) in [6.45, 7) is 6.83. The lowest BCUT2D eigenvalue weighted by atomic mass is 10.1. The van der Waals surface area contributed by atoms with Crippen LogP contribution in [-0.2, 0) is 6.54 Å². The molecule has 1 aromatic carbocycles. The number of benzene rings is 1. The average Bonchev–Trinajstić information content (AvgIpc) is 2.98. The smallest absolute Gasteiger partial charge is 0.119 e. The highest BCUT2D eigenvalue weighted by Crippen LogP contribution is 2.17. The zero-order valence-electron chi connectivity index (χ0n) is 12.2. The van der Waals surface area contributed by atoms with Gasteiger partial charge in [0, 0.05) is 25.0 Å². The number of ether oxygens (including phenoxy) is 1. The van der Waals surface area contributed by atoms with Crippen LogP contribution in [0.5, 0.6) is 5.75 Å². The van der Waals surface area contributed by atoms with Crippen molar-refractivity contribution in [1.82, 2.24) is 15.1 Å². The minimum absolute atomic E-state index is 0.350. The molecule has 0 aliphatic heterocycles. The Morgan fingerprint density at radius 1 is 1.30 bits per heavy atom. The van der Waals surface area contributed by atoms with E-state index in [9.17, 15) is 0 Å². The van der Waals surface area contributed by atoms with E-state index in [-0.39, 0.29) is 0 Å². The highest BCUT2D eigenvalue weighted by molar-refractivity contribution is 5.28. The summed E-state index contributed by atoms with van der Waals surface area (Å²) >= 11 is 0. The molecule has 20 heavy (non-hydrogen) atoms. The van der Waals surface area contributed by atoms with E-state index >= 15 is 0 Å². The molecule has 2 aromatic rings. The Morgan fingerprint density at radius 3 is 2.75 bits per heavy atom. The molecule has 1 aromatic heterocycles. The Kier molecular flexibility index (Phi) is 5.62. The second kappa shape index (κ2) is 7.70. The summed E-state index contributed by atoms with van der Waals surface area (Å²) in [7, 11) is 0. The molecule has 1 unspecified atom stereocenters. The van der Waals surface area contributed by atoms with Crippen molar-refractivity contribution in [3.63, 3.8) is 0 Å². The minimum Gasteiger partial charge on any atom is -0.494 e. The average molecular weight is 273 g/mol. The van der Waals surface area contributed by atoms with E-state index in [1.807, 2.05) is 42.2 Å². The fourth-order valence-electron chi connectivity index (χ4n) is 2.13. The molecule has 0 fully saturated rings. The van der Waals surface area contributed by atoms with Crippen molar-refractivity contribution in [2.24, 2.45) is 0 Å². The van der Waals surface area contributed by atoms with Gasteiger partial charge in [0.1, 0.15) is 5.75 Å². The summed E-state index contributed by atoms with van der Waals surface area (Å²) < 4.78 is 7.41. The second-order valence-electron chi connectivity index (χ2n) is 4.80. The Bertz CT molecular complexity index is 479. The van der Waals surface area contributed by atoms with Crippen LogP contribution < -0.4 is 10.1 Å². The van der Waals surface area contributed by atoms with Crippen molar-refractivity contribution in [3.05, 3.63) is 48.3 Å². The first-order valence-corrected chi connectivity index (χ1v) is 7.23. The molecular formula is C16H23N3O. The van der Waals surface area contributed by atoms with E-state index in [0.717, 1.165) is 25.3 Å². The maximum absolute atomic E-state index is 5.45. The minimum atomic E-state index is 0.350. The van der Waals surface area contributed by atoms with Gasteiger partial charge < -0.3 is 10.1 Å². The lowest BCUT2D eigenvalue weighted by Gasteiger charge is -2.15. The highest BCUT2D eigenvalue weighted by Gasteiger charge is 2.04. The molecule has 4 nitrogen and oxygen atoms in total. The third kappa shape index (κ3) is 4.38. The summed E-state index contributed by atoms with van der Waals surface area (Å²) in [5, 5.41) is 7.72. The molecule has 0 aliphatic carbocycles. The van der Waals surface area contributed by atoms with Gasteiger partial charge >= 0.3 is 0 Å². The zero-order valence-corrected chi connectivity index (χ0v) is 12.2. The molecule has 0 bridgehead atoms. The van der Waals surface area contributed by atoms with Crippen molar-refractivity contribution in [2.75, 3.05) is 13.2 Å². The second-order valence-corrected chi connectivity index (χ2v) is 4.80. The predicted molar refractivity (Wildman–Crippen MR) is 80.9 cm³/mol. The number of aromatic nitrogens is 2. The molecular weight excluding hydrogens is 250 g/mol. The van der Waals surface area contributed by atoms with E-state index in [4.69, 9.17) is 4.74 Å². The molecule has 0 aliphatic rings. The first kappa shape index (κ1) is 14.6. The predicted octanol–water partition coefficient (Wildman–Crippen LogP) is 3.02. The summed E-state index contributed by atoms with van der Waals surface area (Å²) in [5.74, 6) is 0.933. The quantitative estimate of drug-likeness (QED) is 0.751. The summed E-state index contributed by atoms with van der Waals surface area (Å²) in [6.07, 6.45) is 4.88. The molecule has 108 valence electrons. The van der Waals surface area contributed by atoms with Crippen LogP contribution in [0.15, 0.2) is 42.7 Å². The largest absolute Gasteiger partial charge is 0.494 e. The zero-order chi connectivity index (χ0) is 14.2. The number of rotatable bonds is 8. The Morgan fingerprint density at radius 2 is 2.10 bits per heavy atom. The monoisotopic (exact) mass is 273 g/mol. The molecule has 0 amide bonds. The standard InChI is InChI=1S/C16H23N3O/c1-3-20-16-8-6-15(7-9-16)14(2)17-10-4-12-19-13-5-11-18-19/h5-9,11,13-14,17H,3-4,10,12H2,1-2H3. The van der Waals surface area contributed by atoms with Gasteiger partial charge in [-0.15, -0.1) is 0 Å². The molecule has 1 heterocycles. The molecule has 4 heteroatoms. The van der Waals surface area contributed by atoms with Crippen LogP contribution in [0.4, 0.5) is 0 Å². The van der Waals surface area contributed by atoms with Crippen molar-refractivity contribution in [2.45, 2.75) is 32.9 Å². The number of nitrogens with zero attached hydrogens (tertiary/aromatic N) is 2. The topological polar surface area (TPSA) is 39.1 Å². The van der Waals surface area contributed by atoms with E-state index in [2.05, 4.69) is 29.5 Å². The highest BCUT2D eigenvalue weighted by atomic mass is 16.5. The fourth-order valence-corrected chi connectivity index (χ4v) is 2.13. The Balaban J connectivity index is 1.72. The number of hydrogen-bond acceptors (Lipinski definition) is 3. The fraction of sp³-hybridized carbons (Fsp3) is 0.438.